The number of carboxylic acid groups (broad SMARTS) is 1. The van der Waals surface area contributed by atoms with Gasteiger partial charge in [0.25, 0.3) is 0 Å². The van der Waals surface area contributed by atoms with E-state index >= 15 is 0 Å². The number of rotatable bonds is 5. The third kappa shape index (κ3) is 4.04. The summed E-state index contributed by atoms with van der Waals surface area (Å²) in [5, 5.41) is 8.95. The fraction of sp³-hybridized carbons (Fsp3) is 0.533. The molecule has 0 radical (unpaired) electrons. The lowest BCUT2D eigenvalue weighted by atomic mass is 9.87. The van der Waals surface area contributed by atoms with E-state index in [0.717, 1.165) is 12.0 Å². The molecule has 1 aliphatic rings. The molecule has 1 aliphatic carbocycles. The molecule has 0 aromatic heterocycles. The van der Waals surface area contributed by atoms with Crippen molar-refractivity contribution in [1.29, 1.82) is 0 Å². The smallest absolute Gasteiger partial charge is 0.306 e. The van der Waals surface area contributed by atoms with Crippen molar-refractivity contribution in [3.63, 3.8) is 0 Å². The number of sulfonamides is 1. The molecule has 2 rings (SSSR count). The lowest BCUT2D eigenvalue weighted by Gasteiger charge is -2.26. The minimum absolute atomic E-state index is 0.170. The van der Waals surface area contributed by atoms with Crippen LogP contribution in [0.3, 0.4) is 0 Å². The maximum Gasteiger partial charge on any atom is 0.306 e. The predicted molar refractivity (Wildman–Crippen MR) is 79.5 cm³/mol. The summed E-state index contributed by atoms with van der Waals surface area (Å²) in [5.74, 6) is -1.12. The van der Waals surface area contributed by atoms with Gasteiger partial charge in [0.05, 0.1) is 10.8 Å². The van der Waals surface area contributed by atoms with E-state index in [1.54, 1.807) is 12.1 Å². The van der Waals surface area contributed by atoms with E-state index in [-0.39, 0.29) is 16.9 Å². The molecule has 1 aromatic carbocycles. The number of carboxylic acids is 1. The molecule has 0 spiro atoms. The second-order valence-corrected chi connectivity index (χ2v) is 7.22. The molecule has 0 aliphatic heterocycles. The summed E-state index contributed by atoms with van der Waals surface area (Å²) in [7, 11) is -3.52. The summed E-state index contributed by atoms with van der Waals surface area (Å²) < 4.78 is 27.3. The molecule has 5 nitrogen and oxygen atoms in total. The summed E-state index contributed by atoms with van der Waals surface area (Å²) >= 11 is 0. The van der Waals surface area contributed by atoms with Crippen molar-refractivity contribution in [1.82, 2.24) is 4.72 Å². The van der Waals surface area contributed by atoms with Crippen LogP contribution in [0.2, 0.25) is 0 Å². The number of hydrogen-bond acceptors (Lipinski definition) is 3. The molecular formula is C15H21NO4S. The molecule has 0 atom stereocenters. The van der Waals surface area contributed by atoms with Crippen LogP contribution in [-0.4, -0.2) is 25.5 Å². The Labute approximate surface area is 125 Å². The zero-order chi connectivity index (χ0) is 15.5. The van der Waals surface area contributed by atoms with Crippen LogP contribution in [0.25, 0.3) is 0 Å². The fourth-order valence-corrected chi connectivity index (χ4v) is 3.95. The van der Waals surface area contributed by atoms with E-state index in [2.05, 4.69) is 4.72 Å². The van der Waals surface area contributed by atoms with Gasteiger partial charge in [-0.1, -0.05) is 19.1 Å². The standard InChI is InChI=1S/C15H21NO4S/c1-2-11-3-9-14(10-4-11)21(19,20)16-13-7-5-12(6-8-13)15(17)18/h3-4,9-10,12-13,16H,2,5-8H2,1H3,(H,17,18). The van der Waals surface area contributed by atoms with Gasteiger partial charge in [-0.25, -0.2) is 13.1 Å². The van der Waals surface area contributed by atoms with Crippen LogP contribution in [0.4, 0.5) is 0 Å². The lowest BCUT2D eigenvalue weighted by molar-refractivity contribution is -0.142. The van der Waals surface area contributed by atoms with Crippen LogP contribution in [-0.2, 0) is 21.2 Å². The van der Waals surface area contributed by atoms with Crippen molar-refractivity contribution in [3.8, 4) is 0 Å². The van der Waals surface area contributed by atoms with Gasteiger partial charge in [-0.2, -0.15) is 0 Å². The van der Waals surface area contributed by atoms with Gasteiger partial charge in [-0.15, -0.1) is 0 Å². The third-order valence-electron chi connectivity index (χ3n) is 4.04. The van der Waals surface area contributed by atoms with E-state index < -0.39 is 16.0 Å². The normalized spacial score (nSPS) is 22.9. The van der Waals surface area contributed by atoms with Gasteiger partial charge in [0.15, 0.2) is 0 Å². The van der Waals surface area contributed by atoms with E-state index in [1.165, 1.54) is 0 Å². The maximum atomic E-state index is 12.3. The summed E-state index contributed by atoms with van der Waals surface area (Å²) in [6, 6.07) is 6.69. The van der Waals surface area contributed by atoms with Crippen LogP contribution in [0.1, 0.15) is 38.2 Å². The Kier molecular flexibility index (Phi) is 5.00. The zero-order valence-electron chi connectivity index (χ0n) is 12.1. The second-order valence-electron chi connectivity index (χ2n) is 5.51. The first-order valence-corrected chi connectivity index (χ1v) is 8.74. The van der Waals surface area contributed by atoms with Gasteiger partial charge in [0.1, 0.15) is 0 Å². The van der Waals surface area contributed by atoms with Crippen molar-refractivity contribution < 1.29 is 18.3 Å². The average molecular weight is 311 g/mol. The Morgan fingerprint density at radius 3 is 2.24 bits per heavy atom. The Balaban J connectivity index is 1.99. The summed E-state index contributed by atoms with van der Waals surface area (Å²) in [5.41, 5.74) is 1.09. The molecule has 6 heteroatoms. The number of aliphatic carboxylic acids is 1. The van der Waals surface area contributed by atoms with E-state index in [9.17, 15) is 13.2 Å². The highest BCUT2D eigenvalue weighted by molar-refractivity contribution is 7.89. The summed E-state index contributed by atoms with van der Waals surface area (Å²) in [6.45, 7) is 2.02. The van der Waals surface area contributed by atoms with Crippen LogP contribution in [0.5, 0.6) is 0 Å². The first-order chi connectivity index (χ1) is 9.92. The maximum absolute atomic E-state index is 12.3. The van der Waals surface area contributed by atoms with Crippen LogP contribution in [0.15, 0.2) is 29.2 Å². The molecule has 0 amide bonds. The second kappa shape index (κ2) is 6.58. The molecular weight excluding hydrogens is 290 g/mol. The average Bonchev–Trinajstić information content (AvgIpc) is 2.47. The van der Waals surface area contributed by atoms with E-state index in [0.29, 0.717) is 25.7 Å². The topological polar surface area (TPSA) is 83.5 Å². The van der Waals surface area contributed by atoms with Gasteiger partial charge in [0, 0.05) is 6.04 Å². The fourth-order valence-electron chi connectivity index (χ4n) is 2.65. The first kappa shape index (κ1) is 16.0. The third-order valence-corrected chi connectivity index (χ3v) is 5.58. The highest BCUT2D eigenvalue weighted by atomic mass is 32.2. The minimum atomic E-state index is -3.52. The molecule has 1 fully saturated rings. The highest BCUT2D eigenvalue weighted by Gasteiger charge is 2.28. The number of benzene rings is 1. The number of carbonyl (C=O) groups is 1. The van der Waals surface area contributed by atoms with Gasteiger partial charge in [-0.3, -0.25) is 4.79 Å². The summed E-state index contributed by atoms with van der Waals surface area (Å²) in [6.07, 6.45) is 3.06. The molecule has 1 saturated carbocycles. The largest absolute Gasteiger partial charge is 0.481 e. The molecule has 0 bridgehead atoms. The van der Waals surface area contributed by atoms with Crippen molar-refractivity contribution in [3.05, 3.63) is 29.8 Å². The SMILES string of the molecule is CCc1ccc(S(=O)(=O)NC2CCC(C(=O)O)CC2)cc1. The van der Waals surface area contributed by atoms with Gasteiger partial charge in [-0.05, 0) is 49.8 Å². The molecule has 2 N–H and O–H groups in total. The number of aryl methyl sites for hydroxylation is 1. The van der Waals surface area contributed by atoms with Crippen molar-refractivity contribution >= 4 is 16.0 Å². The Morgan fingerprint density at radius 2 is 1.76 bits per heavy atom. The molecule has 0 heterocycles. The molecule has 21 heavy (non-hydrogen) atoms. The molecule has 0 saturated heterocycles. The Hall–Kier alpha value is -1.40. The zero-order valence-corrected chi connectivity index (χ0v) is 12.9. The predicted octanol–water partition coefficient (Wildman–Crippen LogP) is 2.17. The Morgan fingerprint density at radius 1 is 1.19 bits per heavy atom. The summed E-state index contributed by atoms with van der Waals surface area (Å²) in [4.78, 5) is 11.2. The van der Waals surface area contributed by atoms with Crippen LogP contribution >= 0.6 is 0 Å². The van der Waals surface area contributed by atoms with E-state index in [4.69, 9.17) is 5.11 Å². The monoisotopic (exact) mass is 311 g/mol. The van der Waals surface area contributed by atoms with Crippen LogP contribution < -0.4 is 4.72 Å². The van der Waals surface area contributed by atoms with Crippen molar-refractivity contribution in [2.24, 2.45) is 5.92 Å². The highest BCUT2D eigenvalue weighted by Crippen LogP contribution is 2.25. The molecule has 116 valence electrons. The molecule has 1 aromatic rings. The lowest BCUT2D eigenvalue weighted by Crippen LogP contribution is -2.38. The van der Waals surface area contributed by atoms with Gasteiger partial charge in [0.2, 0.25) is 10.0 Å². The number of nitrogens with one attached hydrogen (secondary N) is 1. The van der Waals surface area contributed by atoms with Gasteiger partial charge < -0.3 is 5.11 Å². The Bertz CT molecular complexity index is 587. The van der Waals surface area contributed by atoms with Crippen molar-refractivity contribution in [2.75, 3.05) is 0 Å². The molecule has 0 unspecified atom stereocenters. The number of hydrogen-bond donors (Lipinski definition) is 2. The minimum Gasteiger partial charge on any atom is -0.481 e. The van der Waals surface area contributed by atoms with Crippen LogP contribution in [0, 0.1) is 5.92 Å². The first-order valence-electron chi connectivity index (χ1n) is 7.26. The van der Waals surface area contributed by atoms with E-state index in [1.807, 2.05) is 19.1 Å². The quantitative estimate of drug-likeness (QED) is 0.873. The van der Waals surface area contributed by atoms with Crippen molar-refractivity contribution in [2.45, 2.75) is 50.0 Å². The van der Waals surface area contributed by atoms with Gasteiger partial charge >= 0.3 is 5.97 Å².